The SMILES string of the molecule is NCC(c1ccsc1)N(CCO)CCO. The molecule has 1 rings (SSSR count). The van der Waals surface area contributed by atoms with Gasteiger partial charge in [-0.2, -0.15) is 11.3 Å². The van der Waals surface area contributed by atoms with E-state index in [1.165, 1.54) is 0 Å². The van der Waals surface area contributed by atoms with E-state index in [4.69, 9.17) is 15.9 Å². The predicted molar refractivity (Wildman–Crippen MR) is 61.9 cm³/mol. The minimum absolute atomic E-state index is 0.0840. The Balaban J connectivity index is 2.69. The average molecular weight is 230 g/mol. The van der Waals surface area contributed by atoms with Crippen LogP contribution in [0.25, 0.3) is 0 Å². The first-order valence-corrected chi connectivity index (χ1v) is 5.95. The lowest BCUT2D eigenvalue weighted by Crippen LogP contribution is -2.37. The first-order valence-electron chi connectivity index (χ1n) is 5.01. The lowest BCUT2D eigenvalue weighted by Gasteiger charge is -2.29. The summed E-state index contributed by atoms with van der Waals surface area (Å²) in [5, 5.41) is 22.0. The molecule has 0 fully saturated rings. The number of thiophene rings is 1. The molecule has 1 aromatic heterocycles. The summed E-state index contributed by atoms with van der Waals surface area (Å²) in [5.41, 5.74) is 6.88. The molecule has 1 atom stereocenters. The molecule has 0 radical (unpaired) electrons. The van der Waals surface area contributed by atoms with Gasteiger partial charge in [-0.1, -0.05) is 0 Å². The Hall–Kier alpha value is -0.460. The van der Waals surface area contributed by atoms with E-state index in [1.807, 2.05) is 16.3 Å². The van der Waals surface area contributed by atoms with E-state index >= 15 is 0 Å². The van der Waals surface area contributed by atoms with Crippen molar-refractivity contribution in [2.24, 2.45) is 5.73 Å². The highest BCUT2D eigenvalue weighted by Gasteiger charge is 2.18. The van der Waals surface area contributed by atoms with E-state index in [-0.39, 0.29) is 19.3 Å². The molecule has 0 aliphatic rings. The van der Waals surface area contributed by atoms with Crippen LogP contribution in [-0.2, 0) is 0 Å². The quantitative estimate of drug-likeness (QED) is 0.618. The van der Waals surface area contributed by atoms with Crippen LogP contribution in [0.15, 0.2) is 16.8 Å². The fraction of sp³-hybridized carbons (Fsp3) is 0.600. The second-order valence-corrected chi connectivity index (χ2v) is 4.07. The van der Waals surface area contributed by atoms with Crippen LogP contribution in [0.2, 0.25) is 0 Å². The third kappa shape index (κ3) is 3.55. The molecule has 5 heteroatoms. The van der Waals surface area contributed by atoms with Gasteiger partial charge in [0, 0.05) is 25.7 Å². The predicted octanol–water partition coefficient (Wildman–Crippen LogP) is 0.0345. The van der Waals surface area contributed by atoms with Gasteiger partial charge in [0.05, 0.1) is 13.2 Å². The van der Waals surface area contributed by atoms with Crippen molar-refractivity contribution in [2.75, 3.05) is 32.8 Å². The van der Waals surface area contributed by atoms with Gasteiger partial charge in [0.1, 0.15) is 0 Å². The Bertz CT molecular complexity index is 248. The monoisotopic (exact) mass is 230 g/mol. The second kappa shape index (κ2) is 6.92. The molecule has 0 saturated heterocycles. The molecule has 1 unspecified atom stereocenters. The zero-order chi connectivity index (χ0) is 11.1. The third-order valence-corrected chi connectivity index (χ3v) is 3.07. The van der Waals surface area contributed by atoms with Gasteiger partial charge in [-0.3, -0.25) is 4.90 Å². The minimum atomic E-state index is 0.0840. The van der Waals surface area contributed by atoms with Gasteiger partial charge in [-0.25, -0.2) is 0 Å². The van der Waals surface area contributed by atoms with Gasteiger partial charge in [0.15, 0.2) is 0 Å². The molecule has 0 saturated carbocycles. The van der Waals surface area contributed by atoms with Gasteiger partial charge >= 0.3 is 0 Å². The van der Waals surface area contributed by atoms with Gasteiger partial charge in [-0.15, -0.1) is 0 Å². The van der Waals surface area contributed by atoms with E-state index in [2.05, 4.69) is 5.38 Å². The van der Waals surface area contributed by atoms with Crippen molar-refractivity contribution >= 4 is 11.3 Å². The van der Waals surface area contributed by atoms with E-state index in [0.29, 0.717) is 19.6 Å². The number of rotatable bonds is 7. The van der Waals surface area contributed by atoms with Crippen LogP contribution in [0.4, 0.5) is 0 Å². The standard InChI is InChI=1S/C10H18N2O2S/c11-7-10(9-1-6-15-8-9)12(2-4-13)3-5-14/h1,6,8,10,13-14H,2-5,7,11H2. The van der Waals surface area contributed by atoms with Crippen LogP contribution in [-0.4, -0.2) is 48.0 Å². The number of hydrogen-bond acceptors (Lipinski definition) is 5. The van der Waals surface area contributed by atoms with Gasteiger partial charge in [0.2, 0.25) is 0 Å². The summed E-state index contributed by atoms with van der Waals surface area (Å²) in [7, 11) is 0. The fourth-order valence-corrected chi connectivity index (χ4v) is 2.35. The molecule has 0 aromatic carbocycles. The first kappa shape index (κ1) is 12.6. The maximum Gasteiger partial charge on any atom is 0.0558 e. The van der Waals surface area contributed by atoms with Crippen molar-refractivity contribution in [3.05, 3.63) is 22.4 Å². The van der Waals surface area contributed by atoms with E-state index in [0.717, 1.165) is 5.56 Å². The Morgan fingerprint density at radius 2 is 2.00 bits per heavy atom. The maximum absolute atomic E-state index is 8.94. The third-order valence-electron chi connectivity index (χ3n) is 2.37. The molecule has 15 heavy (non-hydrogen) atoms. The maximum atomic E-state index is 8.94. The molecule has 0 aliphatic carbocycles. The topological polar surface area (TPSA) is 69.7 Å². The minimum Gasteiger partial charge on any atom is -0.395 e. The summed E-state index contributed by atoms with van der Waals surface area (Å²) in [6, 6.07) is 2.12. The molecular formula is C10H18N2O2S. The molecule has 1 aromatic rings. The Morgan fingerprint density at radius 3 is 2.40 bits per heavy atom. The van der Waals surface area contributed by atoms with E-state index in [9.17, 15) is 0 Å². The van der Waals surface area contributed by atoms with Crippen molar-refractivity contribution in [2.45, 2.75) is 6.04 Å². The highest BCUT2D eigenvalue weighted by atomic mass is 32.1. The second-order valence-electron chi connectivity index (χ2n) is 3.29. The lowest BCUT2D eigenvalue weighted by molar-refractivity contribution is 0.124. The van der Waals surface area contributed by atoms with Crippen molar-refractivity contribution in [1.82, 2.24) is 4.90 Å². The molecule has 0 amide bonds. The molecule has 4 N–H and O–H groups in total. The number of aliphatic hydroxyl groups excluding tert-OH is 2. The number of hydrogen-bond donors (Lipinski definition) is 3. The largest absolute Gasteiger partial charge is 0.395 e. The molecule has 0 bridgehead atoms. The number of nitrogens with zero attached hydrogens (tertiary/aromatic N) is 1. The van der Waals surface area contributed by atoms with Crippen molar-refractivity contribution in [1.29, 1.82) is 0 Å². The van der Waals surface area contributed by atoms with Gasteiger partial charge in [0.25, 0.3) is 0 Å². The smallest absolute Gasteiger partial charge is 0.0558 e. The Kier molecular flexibility index (Phi) is 5.82. The molecule has 0 aliphatic heterocycles. The summed E-state index contributed by atoms with van der Waals surface area (Å²) >= 11 is 1.63. The molecular weight excluding hydrogens is 212 g/mol. The summed E-state index contributed by atoms with van der Waals surface area (Å²) in [6.45, 7) is 1.74. The first-order chi connectivity index (χ1) is 7.33. The van der Waals surface area contributed by atoms with Crippen LogP contribution in [0.3, 0.4) is 0 Å². The molecule has 4 nitrogen and oxygen atoms in total. The van der Waals surface area contributed by atoms with E-state index in [1.54, 1.807) is 11.3 Å². The fourth-order valence-electron chi connectivity index (χ4n) is 1.64. The van der Waals surface area contributed by atoms with Crippen LogP contribution < -0.4 is 5.73 Å². The highest BCUT2D eigenvalue weighted by molar-refractivity contribution is 7.07. The highest BCUT2D eigenvalue weighted by Crippen LogP contribution is 2.21. The van der Waals surface area contributed by atoms with Gasteiger partial charge < -0.3 is 15.9 Å². The molecule has 86 valence electrons. The average Bonchev–Trinajstić information content (AvgIpc) is 2.73. The van der Waals surface area contributed by atoms with Crippen molar-refractivity contribution < 1.29 is 10.2 Å². The zero-order valence-corrected chi connectivity index (χ0v) is 9.49. The summed E-state index contributed by atoms with van der Waals surface area (Å²) < 4.78 is 0. The van der Waals surface area contributed by atoms with Crippen molar-refractivity contribution in [3.63, 3.8) is 0 Å². The summed E-state index contributed by atoms with van der Waals surface area (Å²) in [6.07, 6.45) is 0. The number of nitrogens with two attached hydrogens (primary N) is 1. The molecule has 0 spiro atoms. The molecule has 1 heterocycles. The number of aliphatic hydroxyl groups is 2. The Morgan fingerprint density at radius 1 is 1.33 bits per heavy atom. The lowest BCUT2D eigenvalue weighted by atomic mass is 10.1. The summed E-state index contributed by atoms with van der Waals surface area (Å²) in [4.78, 5) is 2.00. The van der Waals surface area contributed by atoms with Gasteiger partial charge in [-0.05, 0) is 22.4 Å². The summed E-state index contributed by atoms with van der Waals surface area (Å²) in [5.74, 6) is 0. The van der Waals surface area contributed by atoms with Crippen LogP contribution in [0.1, 0.15) is 11.6 Å². The zero-order valence-electron chi connectivity index (χ0n) is 8.67. The van der Waals surface area contributed by atoms with Crippen molar-refractivity contribution in [3.8, 4) is 0 Å². The Labute approximate surface area is 93.9 Å². The normalized spacial score (nSPS) is 13.3. The van der Waals surface area contributed by atoms with E-state index < -0.39 is 0 Å². The van der Waals surface area contributed by atoms with Crippen LogP contribution >= 0.6 is 11.3 Å². The van der Waals surface area contributed by atoms with Crippen LogP contribution in [0.5, 0.6) is 0 Å². The van der Waals surface area contributed by atoms with Crippen LogP contribution in [0, 0.1) is 0 Å².